The highest BCUT2D eigenvalue weighted by atomic mass is 35.5. The van der Waals surface area contributed by atoms with Gasteiger partial charge in [0.05, 0.1) is 0 Å². The summed E-state index contributed by atoms with van der Waals surface area (Å²) < 4.78 is 0. The number of nitrogens with one attached hydrogen (secondary N) is 1. The third-order valence-corrected chi connectivity index (χ3v) is 3.41. The van der Waals surface area contributed by atoms with Crippen molar-refractivity contribution in [2.45, 2.75) is 27.3 Å². The first-order valence-corrected chi connectivity index (χ1v) is 6.50. The van der Waals surface area contributed by atoms with Crippen molar-refractivity contribution in [3.05, 3.63) is 63.7 Å². The van der Waals surface area contributed by atoms with Crippen LogP contribution in [-0.2, 0) is 6.54 Å². The number of rotatable bonds is 3. The zero-order chi connectivity index (χ0) is 13.1. The molecule has 94 valence electrons. The van der Waals surface area contributed by atoms with Gasteiger partial charge in [0.2, 0.25) is 0 Å². The summed E-state index contributed by atoms with van der Waals surface area (Å²) in [5, 5.41) is 4.22. The Balaban J connectivity index is 2.16. The molecule has 0 atom stereocenters. The molecule has 0 aliphatic rings. The lowest BCUT2D eigenvalue weighted by Crippen LogP contribution is -2.03. The fraction of sp³-hybridized carbons (Fsp3) is 0.250. The molecule has 2 rings (SSSR count). The van der Waals surface area contributed by atoms with Crippen LogP contribution in [0.5, 0.6) is 0 Å². The van der Waals surface area contributed by atoms with Gasteiger partial charge in [0, 0.05) is 17.3 Å². The Morgan fingerprint density at radius 1 is 0.944 bits per heavy atom. The van der Waals surface area contributed by atoms with Crippen molar-refractivity contribution in [2.75, 3.05) is 5.32 Å². The quantitative estimate of drug-likeness (QED) is 0.829. The van der Waals surface area contributed by atoms with E-state index in [1.807, 2.05) is 18.2 Å². The molecule has 0 heterocycles. The molecular weight excluding hydrogens is 242 g/mol. The highest BCUT2D eigenvalue weighted by Gasteiger charge is 2.02. The van der Waals surface area contributed by atoms with Crippen LogP contribution in [0.1, 0.15) is 22.3 Å². The topological polar surface area (TPSA) is 12.0 Å². The van der Waals surface area contributed by atoms with Crippen LogP contribution >= 0.6 is 11.6 Å². The van der Waals surface area contributed by atoms with Crippen LogP contribution in [0.3, 0.4) is 0 Å². The van der Waals surface area contributed by atoms with Crippen LogP contribution in [0.15, 0.2) is 36.4 Å². The molecule has 2 heteroatoms. The second-order valence-corrected chi connectivity index (χ2v) is 5.18. The van der Waals surface area contributed by atoms with Gasteiger partial charge < -0.3 is 5.32 Å². The molecule has 0 fully saturated rings. The predicted molar refractivity (Wildman–Crippen MR) is 79.4 cm³/mol. The molecule has 1 nitrogen and oxygen atoms in total. The molecule has 0 aromatic heterocycles. The summed E-state index contributed by atoms with van der Waals surface area (Å²) in [6, 6.07) is 12.5. The molecule has 0 saturated heterocycles. The van der Waals surface area contributed by atoms with E-state index >= 15 is 0 Å². The normalized spacial score (nSPS) is 10.4. The molecule has 0 amide bonds. The maximum Gasteiger partial charge on any atom is 0.0426 e. The molecule has 2 aromatic carbocycles. The number of benzene rings is 2. The summed E-state index contributed by atoms with van der Waals surface area (Å²) in [6.07, 6.45) is 0. The van der Waals surface area contributed by atoms with E-state index in [0.717, 1.165) is 17.3 Å². The van der Waals surface area contributed by atoms with Crippen LogP contribution in [0.2, 0.25) is 5.02 Å². The zero-order valence-corrected chi connectivity index (χ0v) is 11.8. The first-order chi connectivity index (χ1) is 8.56. The highest BCUT2D eigenvalue weighted by Crippen LogP contribution is 2.21. The Morgan fingerprint density at radius 2 is 1.67 bits per heavy atom. The van der Waals surface area contributed by atoms with Crippen LogP contribution in [0.4, 0.5) is 5.69 Å². The number of halogens is 1. The monoisotopic (exact) mass is 259 g/mol. The van der Waals surface area contributed by atoms with E-state index < -0.39 is 0 Å². The van der Waals surface area contributed by atoms with Crippen molar-refractivity contribution >= 4 is 17.3 Å². The number of hydrogen-bond donors (Lipinski definition) is 1. The van der Waals surface area contributed by atoms with Gasteiger partial charge in [0.1, 0.15) is 0 Å². The van der Waals surface area contributed by atoms with Gasteiger partial charge in [0.15, 0.2) is 0 Å². The van der Waals surface area contributed by atoms with Gasteiger partial charge >= 0.3 is 0 Å². The second-order valence-electron chi connectivity index (χ2n) is 4.74. The average Bonchev–Trinajstić information content (AvgIpc) is 2.34. The summed E-state index contributed by atoms with van der Waals surface area (Å²) in [6.45, 7) is 7.17. The maximum atomic E-state index is 6.02. The van der Waals surface area contributed by atoms with Crippen molar-refractivity contribution in [2.24, 2.45) is 0 Å². The summed E-state index contributed by atoms with van der Waals surface area (Å²) in [5.41, 5.74) is 6.25. The van der Waals surface area contributed by atoms with Crippen molar-refractivity contribution in [1.29, 1.82) is 0 Å². The lowest BCUT2D eigenvalue weighted by Gasteiger charge is -2.12. The molecule has 0 spiro atoms. The Morgan fingerprint density at radius 3 is 2.44 bits per heavy atom. The lowest BCUT2D eigenvalue weighted by atomic mass is 10.1. The number of hydrogen-bond acceptors (Lipinski definition) is 1. The molecule has 2 aromatic rings. The molecule has 0 aliphatic heterocycles. The minimum absolute atomic E-state index is 0.768. The average molecular weight is 260 g/mol. The third-order valence-electron chi connectivity index (χ3n) is 3.17. The number of anilines is 1. The van der Waals surface area contributed by atoms with E-state index in [9.17, 15) is 0 Å². The standard InChI is InChI=1S/C16H18ClN/c1-11-4-5-12(2)14(8-11)10-18-16-9-15(17)7-6-13(16)3/h4-9,18H,10H2,1-3H3. The third kappa shape index (κ3) is 3.05. The predicted octanol–water partition coefficient (Wildman–Crippen LogP) is 4.88. The van der Waals surface area contributed by atoms with Crippen molar-refractivity contribution < 1.29 is 0 Å². The molecule has 18 heavy (non-hydrogen) atoms. The van der Waals surface area contributed by atoms with E-state index in [1.165, 1.54) is 22.3 Å². The Kier molecular flexibility index (Phi) is 3.93. The molecule has 0 radical (unpaired) electrons. The Labute approximate surface area is 114 Å². The minimum Gasteiger partial charge on any atom is -0.381 e. The Bertz CT molecular complexity index is 510. The summed E-state index contributed by atoms with van der Waals surface area (Å²) in [7, 11) is 0. The van der Waals surface area contributed by atoms with Gasteiger partial charge in [-0.3, -0.25) is 0 Å². The second kappa shape index (κ2) is 5.45. The van der Waals surface area contributed by atoms with Crippen molar-refractivity contribution in [3.8, 4) is 0 Å². The minimum atomic E-state index is 0.768. The summed E-state index contributed by atoms with van der Waals surface area (Å²) in [4.78, 5) is 0. The lowest BCUT2D eigenvalue weighted by molar-refractivity contribution is 1.10. The smallest absolute Gasteiger partial charge is 0.0426 e. The van der Waals surface area contributed by atoms with Gasteiger partial charge in [-0.1, -0.05) is 41.4 Å². The molecule has 0 aliphatic carbocycles. The van der Waals surface area contributed by atoms with E-state index in [-0.39, 0.29) is 0 Å². The molecule has 0 unspecified atom stereocenters. The SMILES string of the molecule is Cc1ccc(C)c(CNc2cc(Cl)ccc2C)c1. The largest absolute Gasteiger partial charge is 0.381 e. The van der Waals surface area contributed by atoms with Gasteiger partial charge in [0.25, 0.3) is 0 Å². The molecular formula is C16H18ClN. The van der Waals surface area contributed by atoms with Crippen LogP contribution in [0, 0.1) is 20.8 Å². The van der Waals surface area contributed by atoms with Gasteiger partial charge in [-0.2, -0.15) is 0 Å². The van der Waals surface area contributed by atoms with E-state index in [0.29, 0.717) is 0 Å². The first kappa shape index (κ1) is 13.0. The fourth-order valence-corrected chi connectivity index (χ4v) is 2.14. The van der Waals surface area contributed by atoms with E-state index in [2.05, 4.69) is 44.3 Å². The van der Waals surface area contributed by atoms with Crippen molar-refractivity contribution in [3.63, 3.8) is 0 Å². The summed E-state index contributed by atoms with van der Waals surface area (Å²) >= 11 is 6.02. The van der Waals surface area contributed by atoms with Crippen LogP contribution in [0.25, 0.3) is 0 Å². The molecule has 0 bridgehead atoms. The molecule has 0 saturated carbocycles. The first-order valence-electron chi connectivity index (χ1n) is 6.12. The fourth-order valence-electron chi connectivity index (χ4n) is 1.97. The highest BCUT2D eigenvalue weighted by molar-refractivity contribution is 6.30. The van der Waals surface area contributed by atoms with Crippen molar-refractivity contribution in [1.82, 2.24) is 0 Å². The van der Waals surface area contributed by atoms with Gasteiger partial charge in [-0.05, 0) is 49.6 Å². The van der Waals surface area contributed by atoms with Gasteiger partial charge in [-0.15, -0.1) is 0 Å². The number of aryl methyl sites for hydroxylation is 3. The van der Waals surface area contributed by atoms with Crippen LogP contribution < -0.4 is 5.32 Å². The van der Waals surface area contributed by atoms with E-state index in [4.69, 9.17) is 11.6 Å². The zero-order valence-electron chi connectivity index (χ0n) is 11.0. The van der Waals surface area contributed by atoms with E-state index in [1.54, 1.807) is 0 Å². The van der Waals surface area contributed by atoms with Crippen LogP contribution in [-0.4, -0.2) is 0 Å². The summed E-state index contributed by atoms with van der Waals surface area (Å²) in [5.74, 6) is 0. The maximum absolute atomic E-state index is 6.02. The Hall–Kier alpha value is -1.47. The molecule has 1 N–H and O–H groups in total. The van der Waals surface area contributed by atoms with Gasteiger partial charge in [-0.25, -0.2) is 0 Å².